The van der Waals surface area contributed by atoms with Crippen LogP contribution in [0.25, 0.3) is 33.3 Å². The maximum Gasteiger partial charge on any atom is 0.355 e. The average molecular weight is 654 g/mol. The number of anilines is 2. The third-order valence-corrected chi connectivity index (χ3v) is 9.46. The van der Waals surface area contributed by atoms with Gasteiger partial charge in [0.15, 0.2) is 0 Å². The number of aryl methyl sites for hydroxylation is 1. The number of halogens is 3. The maximum absolute atomic E-state index is 13.7. The summed E-state index contributed by atoms with van der Waals surface area (Å²) < 4.78 is 82.2. The topological polar surface area (TPSA) is 139 Å². The van der Waals surface area contributed by atoms with E-state index in [9.17, 15) is 21.6 Å². The minimum absolute atomic E-state index is 0.00257. The van der Waals surface area contributed by atoms with E-state index in [0.717, 1.165) is 24.0 Å². The van der Waals surface area contributed by atoms with Gasteiger partial charge in [0, 0.05) is 49.3 Å². The summed E-state index contributed by atoms with van der Waals surface area (Å²) in [6, 6.07) is 10.4. The van der Waals surface area contributed by atoms with Crippen molar-refractivity contribution in [1.82, 2.24) is 24.5 Å². The molecule has 0 spiro atoms. The van der Waals surface area contributed by atoms with E-state index < -0.39 is 27.2 Å². The zero-order chi connectivity index (χ0) is 32.2. The molecule has 7 rings (SSSR count). The molecule has 2 aliphatic rings. The fourth-order valence-electron chi connectivity index (χ4n) is 5.94. The van der Waals surface area contributed by atoms with Gasteiger partial charge < -0.3 is 15.2 Å². The van der Waals surface area contributed by atoms with Crippen LogP contribution < -0.4 is 15.2 Å². The predicted octanol–water partition coefficient (Wildman–Crippen LogP) is 5.60. The van der Waals surface area contributed by atoms with Gasteiger partial charge in [-0.3, -0.25) is 14.1 Å². The summed E-state index contributed by atoms with van der Waals surface area (Å²) in [5.41, 5.74) is 9.24. The van der Waals surface area contributed by atoms with Gasteiger partial charge in [0.1, 0.15) is 28.7 Å². The normalized spacial score (nSPS) is 16.6. The summed E-state index contributed by atoms with van der Waals surface area (Å²) in [7, 11) is -3.24. The van der Waals surface area contributed by atoms with E-state index in [-0.39, 0.29) is 23.3 Å². The molecule has 2 fully saturated rings. The molecule has 15 heteroatoms. The first-order valence-corrected chi connectivity index (χ1v) is 16.2. The fraction of sp³-hybridized carbons (Fsp3) is 0.323. The zero-order valence-electron chi connectivity index (χ0n) is 24.7. The lowest BCUT2D eigenvalue weighted by molar-refractivity contribution is 0.0662. The Morgan fingerprint density at radius 3 is 2.52 bits per heavy atom. The van der Waals surface area contributed by atoms with Crippen LogP contribution in [0.5, 0.6) is 5.75 Å². The quantitative estimate of drug-likeness (QED) is 0.210. The Labute approximate surface area is 262 Å². The number of benzene rings is 2. The van der Waals surface area contributed by atoms with Crippen LogP contribution in [0.3, 0.4) is 0 Å². The van der Waals surface area contributed by atoms with Crippen LogP contribution in [0.4, 0.5) is 24.7 Å². The molecule has 0 atom stereocenters. The molecule has 0 amide bonds. The summed E-state index contributed by atoms with van der Waals surface area (Å²) in [5.74, 6) is -3.86. The number of hydrogen-bond acceptors (Lipinski definition) is 8. The molecule has 1 saturated heterocycles. The van der Waals surface area contributed by atoms with E-state index in [1.54, 1.807) is 42.3 Å². The van der Waals surface area contributed by atoms with Crippen molar-refractivity contribution in [1.29, 1.82) is 0 Å². The average Bonchev–Trinajstić information content (AvgIpc) is 3.49. The molecule has 1 aliphatic heterocycles. The second kappa shape index (κ2) is 11.3. The molecule has 5 aromatic rings. The number of rotatable bonds is 9. The minimum atomic E-state index is -5.01. The molecule has 11 nitrogen and oxygen atoms in total. The maximum atomic E-state index is 13.7. The highest BCUT2D eigenvalue weighted by molar-refractivity contribution is 7.93. The minimum Gasteiger partial charge on any atom is -0.480 e. The third kappa shape index (κ3) is 5.42. The summed E-state index contributed by atoms with van der Waals surface area (Å²) >= 11 is 0. The van der Waals surface area contributed by atoms with Crippen molar-refractivity contribution < 1.29 is 31.1 Å². The van der Waals surface area contributed by atoms with E-state index in [2.05, 4.69) is 10.1 Å². The second-order valence-corrected chi connectivity index (χ2v) is 13.2. The fourth-order valence-corrected chi connectivity index (χ4v) is 6.50. The lowest BCUT2D eigenvalue weighted by Gasteiger charge is -2.22. The SMILES string of the molecule is Cn1nc(-c2ccc(NS(=O)(=O)C(F)F)c(OC3(c4ccc(F)cc4)CC3)c2)c2c(N)ncc(-c3cnn(C4CCOCC4)c3)c21. The number of nitrogens with zero attached hydrogens (tertiary/aromatic N) is 5. The van der Waals surface area contributed by atoms with Gasteiger partial charge in [0.05, 0.1) is 28.8 Å². The zero-order valence-corrected chi connectivity index (χ0v) is 25.5. The number of ether oxygens (including phenoxy) is 2. The lowest BCUT2D eigenvalue weighted by Crippen LogP contribution is -2.22. The summed E-state index contributed by atoms with van der Waals surface area (Å²) in [6.45, 7) is 1.36. The van der Waals surface area contributed by atoms with Crippen LogP contribution in [-0.4, -0.2) is 51.9 Å². The Morgan fingerprint density at radius 2 is 1.83 bits per heavy atom. The van der Waals surface area contributed by atoms with E-state index >= 15 is 0 Å². The molecule has 1 aliphatic carbocycles. The smallest absolute Gasteiger partial charge is 0.355 e. The van der Waals surface area contributed by atoms with Crippen molar-refractivity contribution in [3.63, 3.8) is 0 Å². The van der Waals surface area contributed by atoms with E-state index in [0.29, 0.717) is 53.8 Å². The van der Waals surface area contributed by atoms with Crippen LogP contribution >= 0.6 is 0 Å². The molecule has 3 N–H and O–H groups in total. The molecule has 0 bridgehead atoms. The molecule has 0 unspecified atom stereocenters. The van der Waals surface area contributed by atoms with Crippen LogP contribution in [0, 0.1) is 5.82 Å². The number of hydrogen-bond donors (Lipinski definition) is 2. The summed E-state index contributed by atoms with van der Waals surface area (Å²) in [6.07, 6.45) is 8.25. The number of sulfonamides is 1. The number of alkyl halides is 2. The second-order valence-electron chi connectivity index (χ2n) is 11.5. The van der Waals surface area contributed by atoms with Crippen molar-refractivity contribution in [2.75, 3.05) is 23.7 Å². The Bertz CT molecular complexity index is 2040. The van der Waals surface area contributed by atoms with Crippen LogP contribution in [0.1, 0.15) is 37.3 Å². The number of nitrogens with one attached hydrogen (secondary N) is 1. The van der Waals surface area contributed by atoms with Crippen molar-refractivity contribution in [3.05, 3.63) is 72.4 Å². The highest BCUT2D eigenvalue weighted by atomic mass is 32.2. The predicted molar refractivity (Wildman–Crippen MR) is 165 cm³/mol. The van der Waals surface area contributed by atoms with Crippen molar-refractivity contribution >= 4 is 32.4 Å². The first-order valence-electron chi connectivity index (χ1n) is 14.7. The largest absolute Gasteiger partial charge is 0.480 e. The Morgan fingerprint density at radius 1 is 1.09 bits per heavy atom. The molecule has 240 valence electrons. The molecule has 0 radical (unpaired) electrons. The Hall–Kier alpha value is -4.63. The van der Waals surface area contributed by atoms with Crippen LogP contribution in [0.2, 0.25) is 0 Å². The van der Waals surface area contributed by atoms with Crippen molar-refractivity contribution in [3.8, 4) is 28.1 Å². The van der Waals surface area contributed by atoms with Gasteiger partial charge in [-0.1, -0.05) is 18.2 Å². The third-order valence-electron chi connectivity index (χ3n) is 8.49. The summed E-state index contributed by atoms with van der Waals surface area (Å²) in [5, 5.41) is 9.90. The van der Waals surface area contributed by atoms with Crippen LogP contribution in [0.15, 0.2) is 61.1 Å². The monoisotopic (exact) mass is 653 g/mol. The van der Waals surface area contributed by atoms with Crippen molar-refractivity contribution in [2.24, 2.45) is 7.05 Å². The van der Waals surface area contributed by atoms with E-state index in [4.69, 9.17) is 20.3 Å². The highest BCUT2D eigenvalue weighted by Gasteiger charge is 2.48. The van der Waals surface area contributed by atoms with Gasteiger partial charge in [0.25, 0.3) is 10.0 Å². The number of pyridine rings is 1. The number of fused-ring (bicyclic) bond motifs is 1. The molecule has 4 heterocycles. The van der Waals surface area contributed by atoms with Gasteiger partial charge in [-0.25, -0.2) is 17.8 Å². The first kappa shape index (κ1) is 30.0. The number of aromatic nitrogens is 5. The first-order chi connectivity index (χ1) is 22.0. The molecule has 46 heavy (non-hydrogen) atoms. The Balaban J connectivity index is 1.31. The standard InChI is InChI=1S/C31H30F3N7O4S/c1-40-28-23(19-15-37-41(17-19)22-8-12-44-13-9-22)16-36-29(35)26(28)27(38-40)18-2-7-24(39-46(42,43)30(33)34)25(14-18)45-31(10-11-31)20-3-5-21(32)6-4-20/h2-7,14-17,22,30,39H,8-13H2,1H3,(H2,35,36). The molecular formula is C31H30F3N7O4S. The van der Waals surface area contributed by atoms with E-state index in [1.807, 2.05) is 15.6 Å². The number of nitrogens with two attached hydrogens (primary N) is 1. The van der Waals surface area contributed by atoms with Gasteiger partial charge in [0.2, 0.25) is 0 Å². The summed E-state index contributed by atoms with van der Waals surface area (Å²) in [4.78, 5) is 4.46. The van der Waals surface area contributed by atoms with Gasteiger partial charge in [-0.15, -0.1) is 0 Å². The van der Waals surface area contributed by atoms with Crippen molar-refractivity contribution in [2.45, 2.75) is 43.1 Å². The van der Waals surface area contributed by atoms with E-state index in [1.165, 1.54) is 24.3 Å². The van der Waals surface area contributed by atoms with Crippen LogP contribution in [-0.2, 0) is 27.4 Å². The highest BCUT2D eigenvalue weighted by Crippen LogP contribution is 2.51. The Kier molecular flexibility index (Phi) is 7.39. The van der Waals surface area contributed by atoms with Gasteiger partial charge >= 0.3 is 5.76 Å². The lowest BCUT2D eigenvalue weighted by atomic mass is 10.0. The molecule has 1 saturated carbocycles. The molecule has 3 aromatic heterocycles. The van der Waals surface area contributed by atoms with Gasteiger partial charge in [-0.05, 0) is 55.5 Å². The number of nitrogen functional groups attached to an aromatic ring is 1. The van der Waals surface area contributed by atoms with Gasteiger partial charge in [-0.2, -0.15) is 19.0 Å². The molecule has 2 aromatic carbocycles. The molecular weight excluding hydrogens is 623 g/mol.